The average Bonchev–Trinajstić information content (AvgIpc) is 2.68. The number of carbonyl (C=O) groups excluding carboxylic acids is 1. The highest BCUT2D eigenvalue weighted by Crippen LogP contribution is 2.25. The fourth-order valence-corrected chi connectivity index (χ4v) is 3.61. The number of nitrogens with one attached hydrogen (secondary N) is 2. The van der Waals surface area contributed by atoms with E-state index in [1.165, 1.54) is 12.1 Å². The molecule has 2 heterocycles. The summed E-state index contributed by atoms with van der Waals surface area (Å²) in [5, 5.41) is 2.95. The molecule has 2 N–H and O–H groups in total. The summed E-state index contributed by atoms with van der Waals surface area (Å²) in [5.41, 5.74) is 2.75. The molecule has 0 unspecified atom stereocenters. The largest absolute Gasteiger partial charge is 0.363 e. The maximum atomic E-state index is 13.3. The van der Waals surface area contributed by atoms with Crippen molar-refractivity contribution < 1.29 is 9.18 Å². The molecule has 0 radical (unpaired) electrons. The quantitative estimate of drug-likeness (QED) is 0.849. The first-order chi connectivity index (χ1) is 13.0. The minimum atomic E-state index is -0.455. The van der Waals surface area contributed by atoms with Crippen LogP contribution in [0.4, 0.5) is 4.39 Å². The zero-order chi connectivity index (χ0) is 19.4. The highest BCUT2D eigenvalue weighted by molar-refractivity contribution is 5.83. The van der Waals surface area contributed by atoms with E-state index in [1.807, 2.05) is 0 Å². The van der Waals surface area contributed by atoms with Crippen molar-refractivity contribution in [2.45, 2.75) is 45.7 Å². The molecule has 1 amide bonds. The fourth-order valence-electron chi connectivity index (χ4n) is 3.61. The maximum Gasteiger partial charge on any atom is 0.242 e. The SMILES string of the molecule is Cc1c[nH]c(CNC(=O)[C@@H](c2ccc(F)cc2)N2CCCCC2)c(C)c1=O. The molecule has 1 aromatic carbocycles. The summed E-state index contributed by atoms with van der Waals surface area (Å²) in [5.74, 6) is -0.450. The highest BCUT2D eigenvalue weighted by Gasteiger charge is 2.28. The summed E-state index contributed by atoms with van der Waals surface area (Å²) in [4.78, 5) is 30.4. The van der Waals surface area contributed by atoms with Crippen molar-refractivity contribution in [1.82, 2.24) is 15.2 Å². The molecular weight excluding hydrogens is 345 g/mol. The van der Waals surface area contributed by atoms with Crippen LogP contribution in [-0.4, -0.2) is 28.9 Å². The van der Waals surface area contributed by atoms with Gasteiger partial charge in [-0.25, -0.2) is 4.39 Å². The number of amides is 1. The molecule has 1 fully saturated rings. The lowest BCUT2D eigenvalue weighted by Crippen LogP contribution is -2.43. The van der Waals surface area contributed by atoms with E-state index in [-0.39, 0.29) is 23.7 Å². The first kappa shape index (κ1) is 19.3. The monoisotopic (exact) mass is 371 g/mol. The number of hydrogen-bond acceptors (Lipinski definition) is 3. The van der Waals surface area contributed by atoms with Gasteiger partial charge in [0.05, 0.1) is 6.54 Å². The Labute approximate surface area is 158 Å². The van der Waals surface area contributed by atoms with Crippen molar-refractivity contribution in [3.8, 4) is 0 Å². The van der Waals surface area contributed by atoms with Gasteiger partial charge in [0.2, 0.25) is 5.91 Å². The van der Waals surface area contributed by atoms with Crippen LogP contribution in [0.25, 0.3) is 0 Å². The molecule has 1 aliphatic rings. The van der Waals surface area contributed by atoms with Gasteiger partial charge in [-0.2, -0.15) is 0 Å². The van der Waals surface area contributed by atoms with Gasteiger partial charge in [0, 0.05) is 23.0 Å². The minimum Gasteiger partial charge on any atom is -0.363 e. The number of benzene rings is 1. The second kappa shape index (κ2) is 8.48. The van der Waals surface area contributed by atoms with Crippen molar-refractivity contribution in [3.05, 3.63) is 68.9 Å². The van der Waals surface area contributed by atoms with Crippen LogP contribution >= 0.6 is 0 Å². The number of piperidine rings is 1. The standard InChI is InChI=1S/C21H26FN3O2/c1-14-12-23-18(15(2)20(14)26)13-24-21(27)19(25-10-4-3-5-11-25)16-6-8-17(22)9-7-16/h6-9,12,19H,3-5,10-11,13H2,1-2H3,(H,23,26)(H,24,27)/t19-/m1/s1. The Kier molecular flexibility index (Phi) is 6.06. The van der Waals surface area contributed by atoms with Gasteiger partial charge in [0.25, 0.3) is 0 Å². The van der Waals surface area contributed by atoms with Gasteiger partial charge in [-0.3, -0.25) is 14.5 Å². The van der Waals surface area contributed by atoms with Crippen molar-refractivity contribution in [2.75, 3.05) is 13.1 Å². The lowest BCUT2D eigenvalue weighted by Gasteiger charge is -2.34. The summed E-state index contributed by atoms with van der Waals surface area (Å²) in [6.07, 6.45) is 4.93. The van der Waals surface area contributed by atoms with Gasteiger partial charge in [-0.1, -0.05) is 18.6 Å². The number of aromatic amines is 1. The number of halogens is 1. The molecule has 1 aromatic heterocycles. The molecule has 2 aromatic rings. The van der Waals surface area contributed by atoms with E-state index < -0.39 is 6.04 Å². The van der Waals surface area contributed by atoms with E-state index in [0.29, 0.717) is 16.8 Å². The Bertz CT molecular complexity index is 855. The first-order valence-corrected chi connectivity index (χ1v) is 9.42. The van der Waals surface area contributed by atoms with Crippen molar-refractivity contribution in [1.29, 1.82) is 0 Å². The van der Waals surface area contributed by atoms with Crippen LogP contribution in [0, 0.1) is 19.7 Å². The van der Waals surface area contributed by atoms with Crippen molar-refractivity contribution >= 4 is 5.91 Å². The van der Waals surface area contributed by atoms with E-state index >= 15 is 0 Å². The van der Waals surface area contributed by atoms with Gasteiger partial charge in [-0.15, -0.1) is 0 Å². The number of nitrogens with zero attached hydrogens (tertiary/aromatic N) is 1. The minimum absolute atomic E-state index is 0.0101. The summed E-state index contributed by atoms with van der Waals surface area (Å²) >= 11 is 0. The third-order valence-corrected chi connectivity index (χ3v) is 5.24. The maximum absolute atomic E-state index is 13.3. The number of hydrogen-bond donors (Lipinski definition) is 2. The topological polar surface area (TPSA) is 65.2 Å². The number of aromatic nitrogens is 1. The predicted octanol–water partition coefficient (Wildman–Crippen LogP) is 2.97. The Hall–Kier alpha value is -2.47. The van der Waals surface area contributed by atoms with E-state index in [9.17, 15) is 14.0 Å². The molecule has 1 atom stereocenters. The number of carbonyl (C=O) groups is 1. The van der Waals surface area contributed by atoms with Crippen LogP contribution in [0.1, 0.15) is 47.7 Å². The van der Waals surface area contributed by atoms with Crippen LogP contribution in [0.3, 0.4) is 0 Å². The number of pyridine rings is 1. The third-order valence-electron chi connectivity index (χ3n) is 5.24. The predicted molar refractivity (Wildman–Crippen MR) is 103 cm³/mol. The fraction of sp³-hybridized carbons (Fsp3) is 0.429. The molecule has 0 aliphatic carbocycles. The van der Waals surface area contributed by atoms with Crippen LogP contribution in [-0.2, 0) is 11.3 Å². The molecule has 27 heavy (non-hydrogen) atoms. The van der Waals surface area contributed by atoms with Gasteiger partial charge in [-0.05, 0) is 57.5 Å². The average molecular weight is 371 g/mol. The molecule has 3 rings (SSSR count). The molecule has 144 valence electrons. The van der Waals surface area contributed by atoms with E-state index in [4.69, 9.17) is 0 Å². The van der Waals surface area contributed by atoms with Crippen LogP contribution < -0.4 is 10.7 Å². The second-order valence-corrected chi connectivity index (χ2v) is 7.17. The number of aryl methyl sites for hydroxylation is 1. The second-order valence-electron chi connectivity index (χ2n) is 7.17. The van der Waals surface area contributed by atoms with E-state index in [0.717, 1.165) is 37.9 Å². The summed E-state index contributed by atoms with van der Waals surface area (Å²) in [7, 11) is 0. The molecule has 0 bridgehead atoms. The van der Waals surface area contributed by atoms with E-state index in [2.05, 4.69) is 15.2 Å². The lowest BCUT2D eigenvalue weighted by atomic mass is 10.0. The Morgan fingerprint density at radius 1 is 1.19 bits per heavy atom. The number of likely N-dealkylation sites (tertiary alicyclic amines) is 1. The van der Waals surface area contributed by atoms with Gasteiger partial charge >= 0.3 is 0 Å². The summed E-state index contributed by atoms with van der Waals surface area (Å²) in [6.45, 7) is 5.46. The van der Waals surface area contributed by atoms with Gasteiger partial charge < -0.3 is 10.3 Å². The highest BCUT2D eigenvalue weighted by atomic mass is 19.1. The molecule has 0 spiro atoms. The Balaban J connectivity index is 1.79. The zero-order valence-corrected chi connectivity index (χ0v) is 15.8. The molecule has 0 saturated carbocycles. The van der Waals surface area contributed by atoms with Crippen molar-refractivity contribution in [3.63, 3.8) is 0 Å². The normalized spacial score (nSPS) is 16.1. The zero-order valence-electron chi connectivity index (χ0n) is 15.8. The van der Waals surface area contributed by atoms with Crippen molar-refractivity contribution in [2.24, 2.45) is 0 Å². The van der Waals surface area contributed by atoms with E-state index in [1.54, 1.807) is 32.2 Å². The Morgan fingerprint density at radius 2 is 1.85 bits per heavy atom. The third kappa shape index (κ3) is 4.45. The molecule has 6 heteroatoms. The lowest BCUT2D eigenvalue weighted by molar-refractivity contribution is -0.127. The van der Waals surface area contributed by atoms with Crippen LogP contribution in [0.2, 0.25) is 0 Å². The molecule has 1 aliphatic heterocycles. The van der Waals surface area contributed by atoms with Crippen LogP contribution in [0.15, 0.2) is 35.3 Å². The summed E-state index contributed by atoms with van der Waals surface area (Å²) in [6, 6.07) is 5.67. The van der Waals surface area contributed by atoms with Gasteiger partial charge in [0.1, 0.15) is 11.9 Å². The van der Waals surface area contributed by atoms with Gasteiger partial charge in [0.15, 0.2) is 5.43 Å². The number of rotatable bonds is 5. The smallest absolute Gasteiger partial charge is 0.242 e. The first-order valence-electron chi connectivity index (χ1n) is 9.42. The molecule has 5 nitrogen and oxygen atoms in total. The number of H-pyrrole nitrogens is 1. The van der Waals surface area contributed by atoms with Crippen LogP contribution in [0.5, 0.6) is 0 Å². The summed E-state index contributed by atoms with van der Waals surface area (Å²) < 4.78 is 13.3. The molecular formula is C21H26FN3O2. The molecule has 1 saturated heterocycles. The Morgan fingerprint density at radius 3 is 2.52 bits per heavy atom.